The Hall–Kier alpha value is -1.81. The molecule has 7 aliphatic rings. The van der Waals surface area contributed by atoms with Crippen LogP contribution in [0.25, 0.3) is 10.9 Å². The Bertz CT molecular complexity index is 1690. The van der Waals surface area contributed by atoms with Gasteiger partial charge in [-0.05, 0) is 109 Å². The first-order chi connectivity index (χ1) is 20.8. The number of hydrogen-bond acceptors (Lipinski definition) is 7. The molecule has 2 saturated carbocycles. The van der Waals surface area contributed by atoms with Crippen molar-refractivity contribution in [3.63, 3.8) is 0 Å². The Morgan fingerprint density at radius 1 is 0.978 bits per heavy atom. The fourth-order valence-corrected chi connectivity index (χ4v) is 12.6. The van der Waals surface area contributed by atoms with E-state index in [0.717, 1.165) is 42.3 Å². The van der Waals surface area contributed by atoms with Crippen LogP contribution in [0.15, 0.2) is 12.1 Å². The number of carbonyl (C=O) groups excluding carboxylic acids is 1. The number of carbonyl (C=O) groups is 1. The summed E-state index contributed by atoms with van der Waals surface area (Å²) >= 11 is 0. The van der Waals surface area contributed by atoms with Crippen molar-refractivity contribution in [3.8, 4) is 0 Å². The summed E-state index contributed by atoms with van der Waals surface area (Å²) in [6.45, 7) is 16.3. The molecule has 0 bridgehead atoms. The maximum absolute atomic E-state index is 14.2. The molecule has 3 saturated heterocycles. The average Bonchev–Trinajstić information content (AvgIpc) is 3.44. The number of ketones is 1. The third kappa shape index (κ3) is 3.06. The highest BCUT2D eigenvalue weighted by atomic mass is 16.7. The number of aromatic nitrogens is 1. The average molecular weight is 620 g/mol. The van der Waals surface area contributed by atoms with Gasteiger partial charge < -0.3 is 34.5 Å². The second-order valence-electron chi connectivity index (χ2n) is 17.8. The summed E-state index contributed by atoms with van der Waals surface area (Å²) in [4.78, 5) is 18.0. The summed E-state index contributed by atoms with van der Waals surface area (Å²) in [5.74, 6) is 0.467. The third-order valence-electron chi connectivity index (χ3n) is 14.8. The van der Waals surface area contributed by atoms with Crippen LogP contribution in [0.3, 0.4) is 0 Å². The molecule has 4 N–H and O–H groups in total. The van der Waals surface area contributed by atoms with Gasteiger partial charge in [-0.2, -0.15) is 0 Å². The quantitative estimate of drug-likeness (QED) is 0.346. The molecule has 4 aliphatic carbocycles. The number of hydrogen-bond donors (Lipinski definition) is 4. The number of ether oxygens (including phenoxy) is 3. The molecule has 0 unspecified atom stereocenters. The van der Waals surface area contributed by atoms with Crippen LogP contribution in [0.2, 0.25) is 0 Å². The molecule has 0 amide bonds. The molecule has 5 fully saturated rings. The minimum Gasteiger partial charge on any atom is -0.388 e. The Morgan fingerprint density at radius 2 is 1.71 bits per heavy atom. The van der Waals surface area contributed by atoms with E-state index in [2.05, 4.69) is 52.6 Å². The molecular formula is C37H49NO7. The lowest BCUT2D eigenvalue weighted by molar-refractivity contribution is -0.280. The molecule has 0 radical (unpaired) electrons. The van der Waals surface area contributed by atoms with Crippen LogP contribution in [-0.2, 0) is 32.5 Å². The minimum atomic E-state index is -1.23. The van der Waals surface area contributed by atoms with E-state index < -0.39 is 57.8 Å². The molecule has 1 spiro atoms. The van der Waals surface area contributed by atoms with Gasteiger partial charge in [0.15, 0.2) is 11.4 Å². The van der Waals surface area contributed by atoms with E-state index in [9.17, 15) is 20.1 Å². The third-order valence-corrected chi connectivity index (χ3v) is 14.8. The molecule has 45 heavy (non-hydrogen) atoms. The summed E-state index contributed by atoms with van der Waals surface area (Å²) < 4.78 is 19.4. The Balaban J connectivity index is 1.17. The molecule has 2 aromatic rings. The Morgan fingerprint density at radius 3 is 2.42 bits per heavy atom. The zero-order chi connectivity index (χ0) is 32.1. The number of epoxide rings is 1. The van der Waals surface area contributed by atoms with Gasteiger partial charge in [0, 0.05) is 38.9 Å². The molecule has 9 rings (SSSR count). The van der Waals surface area contributed by atoms with E-state index in [1.165, 1.54) is 16.6 Å². The fraction of sp³-hybridized carbons (Fsp3) is 0.757. The van der Waals surface area contributed by atoms with E-state index in [0.29, 0.717) is 18.8 Å². The predicted octanol–water partition coefficient (Wildman–Crippen LogP) is 4.52. The fourth-order valence-electron chi connectivity index (χ4n) is 12.6. The number of H-pyrrole nitrogens is 1. The van der Waals surface area contributed by atoms with E-state index in [-0.39, 0.29) is 23.0 Å². The first-order valence-corrected chi connectivity index (χ1v) is 17.2. The second kappa shape index (κ2) is 8.07. The summed E-state index contributed by atoms with van der Waals surface area (Å²) in [6.07, 6.45) is 1.78. The lowest BCUT2D eigenvalue weighted by atomic mass is 9.40. The summed E-state index contributed by atoms with van der Waals surface area (Å²) in [5, 5.41) is 36.4. The lowest BCUT2D eigenvalue weighted by Crippen LogP contribution is -2.76. The van der Waals surface area contributed by atoms with Gasteiger partial charge >= 0.3 is 0 Å². The standard InChI is InChI=1S/C37H49NO7/c1-31(2,41)29-27(40)30-37(44-30)23(43-29)12-13-34(7)35(8)17(11-14-36(34,37)42)15-20-24-19-16-21-25(33(5,6)45-32(21,3)4)26(39)18(19)9-10-22(24)38-28(20)35/h9-10,17,21,23,25,27,29-30,38,40-42H,11-16H2,1-8H3/t17-,21-,23-,25-,27+,29-,30+,34+,35+,36-,37+/m0/s1. The van der Waals surface area contributed by atoms with Gasteiger partial charge in [0.2, 0.25) is 0 Å². The number of aliphatic hydroxyl groups excluding tert-OH is 1. The van der Waals surface area contributed by atoms with Crippen molar-refractivity contribution in [3.05, 3.63) is 34.5 Å². The van der Waals surface area contributed by atoms with E-state index in [1.54, 1.807) is 13.8 Å². The number of aromatic amines is 1. The van der Waals surface area contributed by atoms with Gasteiger partial charge in [0.05, 0.1) is 28.8 Å². The van der Waals surface area contributed by atoms with Gasteiger partial charge in [-0.1, -0.05) is 13.8 Å². The van der Waals surface area contributed by atoms with Crippen molar-refractivity contribution in [1.29, 1.82) is 0 Å². The highest BCUT2D eigenvalue weighted by Gasteiger charge is 2.86. The van der Waals surface area contributed by atoms with Crippen molar-refractivity contribution >= 4 is 16.7 Å². The number of Topliss-reactive ketones (excluding diaryl/α,β-unsaturated/α-hetero) is 1. The largest absolute Gasteiger partial charge is 0.388 e. The van der Waals surface area contributed by atoms with Gasteiger partial charge in [-0.3, -0.25) is 4.79 Å². The first kappa shape index (κ1) is 29.3. The molecule has 244 valence electrons. The molecule has 1 aromatic heterocycles. The monoisotopic (exact) mass is 619 g/mol. The van der Waals surface area contributed by atoms with Gasteiger partial charge in [-0.25, -0.2) is 0 Å². The van der Waals surface area contributed by atoms with Crippen LogP contribution in [-0.4, -0.2) is 78.5 Å². The maximum Gasteiger partial charge on any atom is 0.169 e. The van der Waals surface area contributed by atoms with Crippen LogP contribution in [0.4, 0.5) is 0 Å². The number of fused-ring (bicyclic) bond motifs is 10. The highest BCUT2D eigenvalue weighted by Crippen LogP contribution is 2.75. The maximum atomic E-state index is 14.2. The topological polar surface area (TPSA) is 125 Å². The van der Waals surface area contributed by atoms with E-state index in [4.69, 9.17) is 14.2 Å². The van der Waals surface area contributed by atoms with Crippen LogP contribution < -0.4 is 0 Å². The van der Waals surface area contributed by atoms with Gasteiger partial charge in [-0.15, -0.1) is 0 Å². The highest BCUT2D eigenvalue weighted by molar-refractivity contribution is 6.06. The number of rotatable bonds is 1. The van der Waals surface area contributed by atoms with Gasteiger partial charge in [0.1, 0.15) is 23.9 Å². The molecule has 1 aromatic carbocycles. The first-order valence-electron chi connectivity index (χ1n) is 17.2. The summed E-state index contributed by atoms with van der Waals surface area (Å²) in [5.41, 5.74) is 0.255. The van der Waals surface area contributed by atoms with Gasteiger partial charge in [0.25, 0.3) is 0 Å². The van der Waals surface area contributed by atoms with Crippen LogP contribution in [0, 0.1) is 23.2 Å². The van der Waals surface area contributed by atoms with E-state index >= 15 is 0 Å². The minimum absolute atomic E-state index is 0.106. The molecular weight excluding hydrogens is 570 g/mol. The number of aliphatic hydroxyl groups is 3. The Labute approximate surface area is 265 Å². The van der Waals surface area contributed by atoms with Crippen molar-refractivity contribution in [2.75, 3.05) is 0 Å². The zero-order valence-electron chi connectivity index (χ0n) is 27.9. The van der Waals surface area contributed by atoms with Crippen LogP contribution >= 0.6 is 0 Å². The van der Waals surface area contributed by atoms with Crippen LogP contribution in [0.5, 0.6) is 0 Å². The normalized spacial score (nSPS) is 48.5. The predicted molar refractivity (Wildman–Crippen MR) is 167 cm³/mol. The molecule has 8 nitrogen and oxygen atoms in total. The zero-order valence-corrected chi connectivity index (χ0v) is 27.9. The lowest BCUT2D eigenvalue weighted by Gasteiger charge is -2.66. The molecule has 3 aliphatic heterocycles. The van der Waals surface area contributed by atoms with Crippen molar-refractivity contribution in [2.45, 2.75) is 152 Å². The second-order valence-corrected chi connectivity index (χ2v) is 17.8. The molecule has 11 atom stereocenters. The summed E-state index contributed by atoms with van der Waals surface area (Å²) in [7, 11) is 0. The SMILES string of the molecule is CC(C)(O)[C@H]1O[C@H]2CC[C@@]3(C)[C@@](O)(CC[C@H]4Cc5c([nH]c6ccc7c(c56)C[C@H]5[C@@H](C7=O)C(C)(C)OC5(C)C)[C@@]43C)[C@@]23O[C@@H]3[C@@H]1O. The molecule has 8 heteroatoms. The van der Waals surface area contributed by atoms with Crippen molar-refractivity contribution in [1.82, 2.24) is 4.98 Å². The van der Waals surface area contributed by atoms with E-state index in [1.807, 2.05) is 6.07 Å². The van der Waals surface area contributed by atoms with Crippen molar-refractivity contribution in [2.24, 2.45) is 23.2 Å². The van der Waals surface area contributed by atoms with Crippen molar-refractivity contribution < 1.29 is 34.3 Å². The number of benzene rings is 1. The Kier molecular flexibility index (Phi) is 5.26. The number of nitrogens with one attached hydrogen (secondary N) is 1. The van der Waals surface area contributed by atoms with Crippen LogP contribution in [0.1, 0.15) is 108 Å². The molecule has 4 heterocycles. The smallest absolute Gasteiger partial charge is 0.169 e. The summed E-state index contributed by atoms with van der Waals surface area (Å²) in [6, 6.07) is 4.11.